The third-order valence-corrected chi connectivity index (χ3v) is 12.2. The number of ether oxygens (including phenoxy) is 1. The van der Waals surface area contributed by atoms with Crippen LogP contribution in [0.5, 0.6) is 0 Å². The largest absolute Gasteiger partial charge is 0.466 e. The number of carbonyl (C=O) groups excluding carboxylic acids is 2. The van der Waals surface area contributed by atoms with Gasteiger partial charge in [0.25, 0.3) is 0 Å². The van der Waals surface area contributed by atoms with Gasteiger partial charge in [-0.15, -0.1) is 0 Å². The Morgan fingerprint density at radius 3 is 1.07 bits per heavy atom. The summed E-state index contributed by atoms with van der Waals surface area (Å²) in [6.07, 6.45) is 52.2. The van der Waals surface area contributed by atoms with E-state index in [0.29, 0.717) is 25.9 Å². The normalized spacial score (nSPS) is 12.6. The molecule has 0 saturated carbocycles. The molecule has 0 aliphatic heterocycles. The van der Waals surface area contributed by atoms with E-state index in [4.69, 9.17) is 4.74 Å². The van der Waals surface area contributed by atoms with Crippen molar-refractivity contribution in [2.75, 3.05) is 13.2 Å². The van der Waals surface area contributed by atoms with Crippen LogP contribution in [0.15, 0.2) is 0 Å². The van der Waals surface area contributed by atoms with E-state index in [1.54, 1.807) is 0 Å². The summed E-state index contributed by atoms with van der Waals surface area (Å²) in [5, 5.41) is 23.1. The van der Waals surface area contributed by atoms with E-state index >= 15 is 0 Å². The molecule has 340 valence electrons. The molecule has 0 spiro atoms. The van der Waals surface area contributed by atoms with Crippen LogP contribution in [0.25, 0.3) is 0 Å². The molecule has 2 unspecified atom stereocenters. The first-order valence-electron chi connectivity index (χ1n) is 25.8. The van der Waals surface area contributed by atoms with Crippen molar-refractivity contribution in [2.24, 2.45) is 0 Å². The number of nitrogens with one attached hydrogen (secondary N) is 1. The van der Waals surface area contributed by atoms with Crippen molar-refractivity contribution in [1.82, 2.24) is 5.32 Å². The minimum atomic E-state index is -0.666. The van der Waals surface area contributed by atoms with Gasteiger partial charge in [-0.05, 0) is 25.7 Å². The molecular formula is C51H101NO5. The molecule has 0 rings (SSSR count). The molecule has 0 heterocycles. The Bertz CT molecular complexity index is 806. The van der Waals surface area contributed by atoms with E-state index in [2.05, 4.69) is 19.2 Å². The van der Waals surface area contributed by atoms with Gasteiger partial charge in [0.1, 0.15) is 0 Å². The maximum absolute atomic E-state index is 12.4. The predicted octanol–water partition coefficient (Wildman–Crippen LogP) is 15.2. The highest BCUT2D eigenvalue weighted by Crippen LogP contribution is 2.17. The molecule has 0 aliphatic rings. The molecule has 0 aromatic carbocycles. The van der Waals surface area contributed by atoms with Crippen LogP contribution >= 0.6 is 0 Å². The van der Waals surface area contributed by atoms with Crippen LogP contribution in [0.2, 0.25) is 0 Å². The Balaban J connectivity index is 3.39. The molecule has 0 aliphatic carbocycles. The zero-order valence-corrected chi connectivity index (χ0v) is 38.6. The second-order valence-corrected chi connectivity index (χ2v) is 17.9. The van der Waals surface area contributed by atoms with Gasteiger partial charge in [-0.25, -0.2) is 0 Å². The first-order valence-corrected chi connectivity index (χ1v) is 25.8. The topological polar surface area (TPSA) is 95.9 Å². The molecule has 0 fully saturated rings. The van der Waals surface area contributed by atoms with Crippen molar-refractivity contribution < 1.29 is 24.5 Å². The summed E-state index contributed by atoms with van der Waals surface area (Å²) in [5.74, 6) is -0.0401. The van der Waals surface area contributed by atoms with Gasteiger partial charge < -0.3 is 20.3 Å². The van der Waals surface area contributed by atoms with Crippen molar-refractivity contribution in [3.05, 3.63) is 0 Å². The fourth-order valence-corrected chi connectivity index (χ4v) is 8.17. The Morgan fingerprint density at radius 1 is 0.421 bits per heavy atom. The number of aliphatic hydroxyl groups excluding tert-OH is 2. The highest BCUT2D eigenvalue weighted by molar-refractivity contribution is 5.76. The van der Waals surface area contributed by atoms with Crippen molar-refractivity contribution in [3.63, 3.8) is 0 Å². The van der Waals surface area contributed by atoms with E-state index < -0.39 is 12.1 Å². The first-order chi connectivity index (χ1) is 28.0. The Morgan fingerprint density at radius 2 is 0.719 bits per heavy atom. The standard InChI is InChI=1S/C51H101NO5/c1-3-5-7-9-11-13-15-16-18-22-25-29-33-37-41-45-51(56)57-46-42-38-34-30-26-23-20-17-19-21-24-28-32-36-40-44-50(55)52-48(47-53)49(54)43-39-35-31-27-14-12-10-8-6-4-2/h48-49,53-54H,3-47H2,1-2H3,(H,52,55). The van der Waals surface area contributed by atoms with Crippen molar-refractivity contribution >= 4 is 11.9 Å². The average Bonchev–Trinajstić information content (AvgIpc) is 3.21. The van der Waals surface area contributed by atoms with Crippen LogP contribution in [0.4, 0.5) is 0 Å². The monoisotopic (exact) mass is 808 g/mol. The van der Waals surface area contributed by atoms with Crippen molar-refractivity contribution in [3.8, 4) is 0 Å². The van der Waals surface area contributed by atoms with Crippen molar-refractivity contribution in [2.45, 2.75) is 302 Å². The third kappa shape index (κ3) is 44.2. The van der Waals surface area contributed by atoms with Crippen LogP contribution in [-0.2, 0) is 14.3 Å². The predicted molar refractivity (Wildman–Crippen MR) is 246 cm³/mol. The lowest BCUT2D eigenvalue weighted by atomic mass is 10.0. The van der Waals surface area contributed by atoms with E-state index in [1.807, 2.05) is 0 Å². The van der Waals surface area contributed by atoms with Gasteiger partial charge in [0.05, 0.1) is 25.4 Å². The number of hydrogen-bond donors (Lipinski definition) is 3. The van der Waals surface area contributed by atoms with Gasteiger partial charge in [-0.1, -0.05) is 251 Å². The SMILES string of the molecule is CCCCCCCCCCCCCCCCCC(=O)OCCCCCCCCCCCCCCCCCC(=O)NC(CO)C(O)CCCCCCCCCCCC. The summed E-state index contributed by atoms with van der Waals surface area (Å²) in [4.78, 5) is 24.4. The van der Waals surface area contributed by atoms with Gasteiger partial charge in [-0.2, -0.15) is 0 Å². The molecule has 6 nitrogen and oxygen atoms in total. The number of carbonyl (C=O) groups is 2. The summed E-state index contributed by atoms with van der Waals surface area (Å²) in [6, 6.07) is -0.544. The maximum Gasteiger partial charge on any atom is 0.305 e. The highest BCUT2D eigenvalue weighted by Gasteiger charge is 2.20. The van der Waals surface area contributed by atoms with Crippen molar-refractivity contribution in [1.29, 1.82) is 0 Å². The minimum absolute atomic E-state index is 0.00381. The molecule has 0 aromatic rings. The minimum Gasteiger partial charge on any atom is -0.466 e. The molecule has 0 bridgehead atoms. The molecule has 0 saturated heterocycles. The number of aliphatic hydroxyl groups is 2. The Kier molecular flexibility index (Phi) is 46.6. The zero-order chi connectivity index (χ0) is 41.5. The quantitative estimate of drug-likeness (QED) is 0.0420. The van der Waals surface area contributed by atoms with E-state index in [0.717, 1.165) is 44.9 Å². The van der Waals surface area contributed by atoms with E-state index in [-0.39, 0.29) is 18.5 Å². The molecular weight excluding hydrogens is 707 g/mol. The third-order valence-electron chi connectivity index (χ3n) is 12.2. The van der Waals surface area contributed by atoms with Gasteiger partial charge in [0.2, 0.25) is 5.91 Å². The number of amides is 1. The molecule has 0 aromatic heterocycles. The molecule has 1 amide bonds. The smallest absolute Gasteiger partial charge is 0.305 e. The van der Waals surface area contributed by atoms with Crippen LogP contribution in [0.3, 0.4) is 0 Å². The molecule has 3 N–H and O–H groups in total. The summed E-state index contributed by atoms with van der Waals surface area (Å²) in [5.41, 5.74) is 0. The lowest BCUT2D eigenvalue weighted by Gasteiger charge is -2.22. The Hall–Kier alpha value is -1.14. The summed E-state index contributed by atoms with van der Waals surface area (Å²) < 4.78 is 5.47. The number of rotatable bonds is 48. The summed E-state index contributed by atoms with van der Waals surface area (Å²) in [6.45, 7) is 4.93. The Labute approximate surface area is 356 Å². The summed E-state index contributed by atoms with van der Waals surface area (Å²) >= 11 is 0. The summed E-state index contributed by atoms with van der Waals surface area (Å²) in [7, 11) is 0. The molecule has 2 atom stereocenters. The lowest BCUT2D eigenvalue weighted by Crippen LogP contribution is -2.45. The molecule has 0 radical (unpaired) electrons. The molecule has 6 heteroatoms. The van der Waals surface area contributed by atoms with Crippen LogP contribution in [0, 0.1) is 0 Å². The number of esters is 1. The van der Waals surface area contributed by atoms with Crippen LogP contribution < -0.4 is 5.32 Å². The van der Waals surface area contributed by atoms with Gasteiger partial charge >= 0.3 is 5.97 Å². The van der Waals surface area contributed by atoms with Gasteiger partial charge in [0, 0.05) is 12.8 Å². The average molecular weight is 808 g/mol. The van der Waals surface area contributed by atoms with Crippen LogP contribution in [0.1, 0.15) is 290 Å². The van der Waals surface area contributed by atoms with Gasteiger partial charge in [-0.3, -0.25) is 9.59 Å². The first kappa shape index (κ1) is 55.9. The van der Waals surface area contributed by atoms with Gasteiger partial charge in [0.15, 0.2) is 0 Å². The fraction of sp³-hybridized carbons (Fsp3) is 0.961. The maximum atomic E-state index is 12.4. The molecule has 57 heavy (non-hydrogen) atoms. The fourth-order valence-electron chi connectivity index (χ4n) is 8.17. The van der Waals surface area contributed by atoms with Crippen LogP contribution in [-0.4, -0.2) is 47.4 Å². The number of unbranched alkanes of at least 4 members (excludes halogenated alkanes) is 37. The second kappa shape index (κ2) is 47.5. The van der Waals surface area contributed by atoms with E-state index in [9.17, 15) is 19.8 Å². The highest BCUT2D eigenvalue weighted by atomic mass is 16.5. The van der Waals surface area contributed by atoms with E-state index in [1.165, 1.54) is 212 Å². The zero-order valence-electron chi connectivity index (χ0n) is 38.6. The lowest BCUT2D eigenvalue weighted by molar-refractivity contribution is -0.143. The second-order valence-electron chi connectivity index (χ2n) is 17.9. The number of hydrogen-bond acceptors (Lipinski definition) is 5.